The van der Waals surface area contributed by atoms with Crippen molar-refractivity contribution in [2.75, 3.05) is 6.61 Å². The van der Waals surface area contributed by atoms with E-state index in [2.05, 4.69) is 12.3 Å². The highest BCUT2D eigenvalue weighted by Gasteiger charge is 2.34. The van der Waals surface area contributed by atoms with Gasteiger partial charge in [0.1, 0.15) is 5.75 Å². The number of nitrogens with zero attached hydrogens (tertiary/aromatic N) is 2. The van der Waals surface area contributed by atoms with Gasteiger partial charge in [0.2, 0.25) is 0 Å². The van der Waals surface area contributed by atoms with Gasteiger partial charge < -0.3 is 4.74 Å². The fraction of sp³-hybridized carbons (Fsp3) is 0.320. The minimum atomic E-state index is -0.668. The van der Waals surface area contributed by atoms with Crippen molar-refractivity contribution in [3.8, 4) is 5.75 Å². The average molecular weight is 514 g/mol. The average Bonchev–Trinajstić information content (AvgIpc) is 3.11. The largest absolute Gasteiger partial charge is 0.494 e. The Labute approximate surface area is 213 Å². The number of hydrazine groups is 1. The maximum absolute atomic E-state index is 12.8. The number of hydrogen-bond donors (Lipinski definition) is 1. The van der Waals surface area contributed by atoms with Crippen LogP contribution in [0.25, 0.3) is 6.08 Å². The van der Waals surface area contributed by atoms with E-state index in [1.807, 2.05) is 24.3 Å². The number of nitro benzene ring substituents is 1. The molecule has 1 saturated heterocycles. The van der Waals surface area contributed by atoms with Gasteiger partial charge in [-0.25, -0.2) is 0 Å². The molecule has 3 rings (SSSR count). The standard InChI is InChI=1S/C25H27N3O5S2/c1-2-3-4-5-6-7-15-33-21-13-11-18(12-14-21)16-22-24(30)27(25(34)35-22)26-23(29)19-9-8-10-20(17-19)28(31)32/h8-14,16-17H,2-7,15H2,1H3,(H,26,29)/b22-16-. The molecule has 1 aliphatic rings. The number of unbranched alkanes of at least 4 members (excludes halogenated alkanes) is 5. The van der Waals surface area contributed by atoms with Crippen LogP contribution in [0.15, 0.2) is 53.4 Å². The summed E-state index contributed by atoms with van der Waals surface area (Å²) in [5.74, 6) is -0.368. The molecule has 10 heteroatoms. The van der Waals surface area contributed by atoms with E-state index in [9.17, 15) is 19.7 Å². The van der Waals surface area contributed by atoms with Gasteiger partial charge in [-0.3, -0.25) is 25.1 Å². The monoisotopic (exact) mass is 513 g/mol. The second-order valence-electron chi connectivity index (χ2n) is 7.95. The number of non-ortho nitro benzene ring substituents is 1. The van der Waals surface area contributed by atoms with Crippen molar-refractivity contribution in [3.63, 3.8) is 0 Å². The van der Waals surface area contributed by atoms with Crippen LogP contribution >= 0.6 is 24.0 Å². The molecule has 2 aromatic rings. The van der Waals surface area contributed by atoms with Crippen LogP contribution in [-0.4, -0.2) is 32.7 Å². The molecule has 0 aromatic heterocycles. The molecule has 0 aliphatic carbocycles. The fourth-order valence-corrected chi connectivity index (χ4v) is 4.55. The summed E-state index contributed by atoms with van der Waals surface area (Å²) >= 11 is 6.31. The van der Waals surface area contributed by atoms with Gasteiger partial charge in [-0.1, -0.05) is 69.0 Å². The lowest BCUT2D eigenvalue weighted by molar-refractivity contribution is -0.384. The molecule has 0 atom stereocenters. The smallest absolute Gasteiger partial charge is 0.285 e. The van der Waals surface area contributed by atoms with E-state index in [0.717, 1.165) is 47.0 Å². The van der Waals surface area contributed by atoms with Crippen molar-refractivity contribution in [3.05, 3.63) is 74.7 Å². The molecule has 1 N–H and O–H groups in total. The van der Waals surface area contributed by atoms with Crippen molar-refractivity contribution in [1.29, 1.82) is 0 Å². The topological polar surface area (TPSA) is 102 Å². The summed E-state index contributed by atoms with van der Waals surface area (Å²) in [5.41, 5.74) is 3.05. The maximum atomic E-state index is 12.8. The maximum Gasteiger partial charge on any atom is 0.285 e. The predicted octanol–water partition coefficient (Wildman–Crippen LogP) is 5.88. The molecule has 0 spiro atoms. The molecule has 0 saturated carbocycles. The van der Waals surface area contributed by atoms with Crippen LogP contribution in [0.2, 0.25) is 0 Å². The highest BCUT2D eigenvalue weighted by molar-refractivity contribution is 8.26. The summed E-state index contributed by atoms with van der Waals surface area (Å²) in [4.78, 5) is 36.0. The van der Waals surface area contributed by atoms with Crippen molar-refractivity contribution in [2.24, 2.45) is 0 Å². The number of nitrogens with one attached hydrogen (secondary N) is 1. The minimum Gasteiger partial charge on any atom is -0.494 e. The number of amides is 2. The Morgan fingerprint density at radius 1 is 1.14 bits per heavy atom. The predicted molar refractivity (Wildman–Crippen MR) is 141 cm³/mol. The Hall–Kier alpha value is -3.24. The molecule has 2 aromatic carbocycles. The van der Waals surface area contributed by atoms with Gasteiger partial charge >= 0.3 is 0 Å². The van der Waals surface area contributed by atoms with Gasteiger partial charge in [-0.2, -0.15) is 5.01 Å². The first-order chi connectivity index (χ1) is 16.9. The zero-order valence-corrected chi connectivity index (χ0v) is 21.0. The molecule has 1 fully saturated rings. The van der Waals surface area contributed by atoms with Crippen LogP contribution < -0.4 is 10.2 Å². The van der Waals surface area contributed by atoms with Gasteiger partial charge in [0.25, 0.3) is 17.5 Å². The second-order valence-corrected chi connectivity index (χ2v) is 9.63. The van der Waals surface area contributed by atoms with Gasteiger partial charge in [-0.05, 0) is 48.5 Å². The Morgan fingerprint density at radius 3 is 2.57 bits per heavy atom. The SMILES string of the molecule is CCCCCCCCOc1ccc(/C=C2\SC(=S)N(NC(=O)c3cccc([N+](=O)[O-])c3)C2=O)cc1. The summed E-state index contributed by atoms with van der Waals surface area (Å²) in [6, 6.07) is 12.7. The Balaban J connectivity index is 1.55. The van der Waals surface area contributed by atoms with E-state index in [4.69, 9.17) is 17.0 Å². The van der Waals surface area contributed by atoms with E-state index >= 15 is 0 Å². The van der Waals surface area contributed by atoms with Crippen molar-refractivity contribution < 1.29 is 19.2 Å². The van der Waals surface area contributed by atoms with Gasteiger partial charge in [-0.15, -0.1) is 0 Å². The van der Waals surface area contributed by atoms with E-state index < -0.39 is 16.7 Å². The third kappa shape index (κ3) is 7.63. The number of thioether (sulfide) groups is 1. The number of ether oxygens (including phenoxy) is 1. The van der Waals surface area contributed by atoms with Gasteiger partial charge in [0, 0.05) is 17.7 Å². The number of nitro groups is 1. The summed E-state index contributed by atoms with van der Waals surface area (Å²) in [6.07, 6.45) is 8.91. The Bertz CT molecular complexity index is 1120. The molecule has 35 heavy (non-hydrogen) atoms. The Morgan fingerprint density at radius 2 is 1.86 bits per heavy atom. The van der Waals surface area contributed by atoms with E-state index in [0.29, 0.717) is 11.5 Å². The van der Waals surface area contributed by atoms with E-state index in [1.54, 1.807) is 6.08 Å². The molecule has 1 heterocycles. The third-order valence-corrected chi connectivity index (χ3v) is 6.57. The van der Waals surface area contributed by atoms with Crippen LogP contribution in [0, 0.1) is 10.1 Å². The molecule has 0 radical (unpaired) electrons. The summed E-state index contributed by atoms with van der Waals surface area (Å²) in [6.45, 7) is 2.88. The summed E-state index contributed by atoms with van der Waals surface area (Å²) in [7, 11) is 0. The number of rotatable bonds is 12. The molecule has 2 amide bonds. The van der Waals surface area contributed by atoms with E-state index in [1.165, 1.54) is 43.9 Å². The lowest BCUT2D eigenvalue weighted by atomic mass is 10.1. The lowest BCUT2D eigenvalue weighted by Gasteiger charge is -2.15. The molecule has 184 valence electrons. The highest BCUT2D eigenvalue weighted by atomic mass is 32.2. The highest BCUT2D eigenvalue weighted by Crippen LogP contribution is 2.32. The molecule has 0 unspecified atom stereocenters. The quantitative estimate of drug-likeness (QED) is 0.124. The third-order valence-electron chi connectivity index (χ3n) is 5.27. The zero-order chi connectivity index (χ0) is 25.2. The van der Waals surface area contributed by atoms with Crippen LogP contribution in [0.5, 0.6) is 5.75 Å². The summed E-state index contributed by atoms with van der Waals surface area (Å²) < 4.78 is 5.96. The first kappa shape index (κ1) is 26.4. The van der Waals surface area contributed by atoms with E-state index in [-0.39, 0.29) is 15.6 Å². The molecular weight excluding hydrogens is 486 g/mol. The molecule has 8 nitrogen and oxygen atoms in total. The first-order valence-electron chi connectivity index (χ1n) is 11.5. The first-order valence-corrected chi connectivity index (χ1v) is 12.7. The number of benzene rings is 2. The van der Waals surface area contributed by atoms with Gasteiger partial charge in [0.15, 0.2) is 4.32 Å². The zero-order valence-electron chi connectivity index (χ0n) is 19.4. The van der Waals surface area contributed by atoms with Crippen LogP contribution in [-0.2, 0) is 4.79 Å². The molecule has 1 aliphatic heterocycles. The normalized spacial score (nSPS) is 14.4. The lowest BCUT2D eigenvalue weighted by Crippen LogP contribution is -2.44. The van der Waals surface area contributed by atoms with Gasteiger partial charge in [0.05, 0.1) is 16.4 Å². The van der Waals surface area contributed by atoms with Crippen LogP contribution in [0.3, 0.4) is 0 Å². The molecule has 0 bridgehead atoms. The van der Waals surface area contributed by atoms with Crippen LogP contribution in [0.1, 0.15) is 61.4 Å². The summed E-state index contributed by atoms with van der Waals surface area (Å²) in [5, 5.41) is 11.9. The number of thiocarbonyl (C=S) groups is 1. The van der Waals surface area contributed by atoms with Crippen molar-refractivity contribution in [2.45, 2.75) is 45.4 Å². The fourth-order valence-electron chi connectivity index (χ4n) is 3.37. The number of carbonyl (C=O) groups is 2. The Kier molecular flexibility index (Phi) is 9.80. The number of hydrogen-bond acceptors (Lipinski definition) is 7. The minimum absolute atomic E-state index is 0.0498. The second kappa shape index (κ2) is 13.0. The molecular formula is C25H27N3O5S2. The van der Waals surface area contributed by atoms with Crippen molar-refractivity contribution >= 4 is 51.9 Å². The number of carbonyl (C=O) groups excluding carboxylic acids is 2. The van der Waals surface area contributed by atoms with Crippen LogP contribution in [0.4, 0.5) is 5.69 Å². The van der Waals surface area contributed by atoms with Crippen molar-refractivity contribution in [1.82, 2.24) is 10.4 Å².